The van der Waals surface area contributed by atoms with Gasteiger partial charge in [0.25, 0.3) is 0 Å². The Hall–Kier alpha value is -2.38. The number of carbonyl (C=O) groups is 2. The van der Waals surface area contributed by atoms with E-state index in [0.29, 0.717) is 5.69 Å². The molecule has 0 aromatic carbocycles. The summed E-state index contributed by atoms with van der Waals surface area (Å²) in [6.07, 6.45) is 2.26. The zero-order chi connectivity index (χ0) is 15.1. The van der Waals surface area contributed by atoms with Crippen LogP contribution in [0.2, 0.25) is 0 Å². The standard InChI is InChI=1S/C12H18N4O4/c1-4-5-20-12(19)13-10(11(17)18)6-9-7-16(8(2)3)15-14-9/h4,7-8,10H,1,5-6H2,2-3H3,(H,13,19)(H,17,18). The first kappa shape index (κ1) is 15.7. The van der Waals surface area contributed by atoms with Crippen LogP contribution in [-0.4, -0.2) is 44.8 Å². The molecule has 0 aliphatic rings. The Bertz CT molecular complexity index is 484. The number of carboxylic acids is 1. The predicted molar refractivity (Wildman–Crippen MR) is 70.2 cm³/mol. The first-order valence-electron chi connectivity index (χ1n) is 6.11. The number of alkyl carbamates (subject to hydrolysis) is 1. The van der Waals surface area contributed by atoms with Gasteiger partial charge in [0, 0.05) is 18.7 Å². The summed E-state index contributed by atoms with van der Waals surface area (Å²) in [4.78, 5) is 22.4. The minimum absolute atomic E-state index is 0.0156. The van der Waals surface area contributed by atoms with Crippen LogP contribution in [0.25, 0.3) is 0 Å². The lowest BCUT2D eigenvalue weighted by Gasteiger charge is -2.12. The molecule has 1 aromatic heterocycles. The largest absolute Gasteiger partial charge is 0.480 e. The van der Waals surface area contributed by atoms with Crippen molar-refractivity contribution in [2.24, 2.45) is 0 Å². The Morgan fingerprint density at radius 3 is 2.80 bits per heavy atom. The molecule has 0 bridgehead atoms. The minimum atomic E-state index is -1.17. The van der Waals surface area contributed by atoms with Crippen LogP contribution >= 0.6 is 0 Å². The summed E-state index contributed by atoms with van der Waals surface area (Å²) < 4.78 is 6.30. The number of nitrogens with zero attached hydrogens (tertiary/aromatic N) is 3. The fourth-order valence-electron chi connectivity index (χ4n) is 1.39. The summed E-state index contributed by atoms with van der Waals surface area (Å²) in [5.41, 5.74) is 0.482. The summed E-state index contributed by atoms with van der Waals surface area (Å²) in [5, 5.41) is 19.1. The van der Waals surface area contributed by atoms with Gasteiger partial charge < -0.3 is 15.2 Å². The van der Waals surface area contributed by atoms with Crippen molar-refractivity contribution in [3.63, 3.8) is 0 Å². The Balaban J connectivity index is 2.64. The maximum absolute atomic E-state index is 11.3. The van der Waals surface area contributed by atoms with Crippen molar-refractivity contribution in [3.05, 3.63) is 24.5 Å². The number of nitrogens with one attached hydrogen (secondary N) is 1. The van der Waals surface area contributed by atoms with E-state index in [1.54, 1.807) is 10.9 Å². The summed E-state index contributed by atoms with van der Waals surface area (Å²) >= 11 is 0. The van der Waals surface area contributed by atoms with E-state index < -0.39 is 18.1 Å². The number of aliphatic carboxylic acids is 1. The van der Waals surface area contributed by atoms with E-state index in [-0.39, 0.29) is 19.1 Å². The second-order valence-corrected chi connectivity index (χ2v) is 4.41. The number of hydrogen-bond acceptors (Lipinski definition) is 5. The molecule has 1 heterocycles. The predicted octanol–water partition coefficient (Wildman–Crippen LogP) is 0.767. The normalized spacial score (nSPS) is 11.9. The monoisotopic (exact) mass is 282 g/mol. The maximum Gasteiger partial charge on any atom is 0.408 e. The van der Waals surface area contributed by atoms with E-state index in [9.17, 15) is 9.59 Å². The Labute approximate surface area is 116 Å². The van der Waals surface area contributed by atoms with E-state index in [2.05, 4.69) is 26.9 Å². The lowest BCUT2D eigenvalue weighted by molar-refractivity contribution is -0.139. The quantitative estimate of drug-likeness (QED) is 0.715. The fourth-order valence-corrected chi connectivity index (χ4v) is 1.39. The van der Waals surface area contributed by atoms with Crippen LogP contribution < -0.4 is 5.32 Å². The zero-order valence-electron chi connectivity index (χ0n) is 11.4. The van der Waals surface area contributed by atoms with Gasteiger partial charge in [-0.3, -0.25) is 0 Å². The molecule has 20 heavy (non-hydrogen) atoms. The molecular formula is C12H18N4O4. The average molecular weight is 282 g/mol. The number of hydrogen-bond donors (Lipinski definition) is 2. The number of carbonyl (C=O) groups excluding carboxylic acids is 1. The van der Waals surface area contributed by atoms with Gasteiger partial charge in [0.1, 0.15) is 12.6 Å². The number of ether oxygens (including phenoxy) is 1. The lowest BCUT2D eigenvalue weighted by Crippen LogP contribution is -2.42. The van der Waals surface area contributed by atoms with Crippen molar-refractivity contribution in [2.45, 2.75) is 32.4 Å². The molecular weight excluding hydrogens is 264 g/mol. The molecule has 1 aromatic rings. The van der Waals surface area contributed by atoms with E-state index in [1.165, 1.54) is 6.08 Å². The van der Waals surface area contributed by atoms with Crippen LogP contribution in [0.15, 0.2) is 18.9 Å². The third-order valence-electron chi connectivity index (χ3n) is 2.42. The Morgan fingerprint density at radius 1 is 1.60 bits per heavy atom. The summed E-state index contributed by atoms with van der Waals surface area (Å²) in [6.45, 7) is 7.26. The van der Waals surface area contributed by atoms with Crippen LogP contribution in [0.3, 0.4) is 0 Å². The van der Waals surface area contributed by atoms with Crippen LogP contribution in [-0.2, 0) is 16.0 Å². The van der Waals surface area contributed by atoms with Gasteiger partial charge in [-0.1, -0.05) is 17.9 Å². The van der Waals surface area contributed by atoms with Gasteiger partial charge in [-0.2, -0.15) is 0 Å². The van der Waals surface area contributed by atoms with Crippen molar-refractivity contribution < 1.29 is 19.4 Å². The van der Waals surface area contributed by atoms with E-state index in [1.807, 2.05) is 13.8 Å². The van der Waals surface area contributed by atoms with Crippen molar-refractivity contribution in [1.82, 2.24) is 20.3 Å². The van der Waals surface area contributed by atoms with Crippen molar-refractivity contribution in [1.29, 1.82) is 0 Å². The smallest absolute Gasteiger partial charge is 0.408 e. The molecule has 8 heteroatoms. The third kappa shape index (κ3) is 4.71. The molecule has 110 valence electrons. The highest BCUT2D eigenvalue weighted by Crippen LogP contribution is 2.05. The average Bonchev–Trinajstić information content (AvgIpc) is 2.84. The van der Waals surface area contributed by atoms with Gasteiger partial charge in [-0.25, -0.2) is 14.3 Å². The van der Waals surface area contributed by atoms with Crippen LogP contribution in [0.1, 0.15) is 25.6 Å². The molecule has 0 fully saturated rings. The number of carboxylic acid groups (broad SMARTS) is 1. The first-order chi connectivity index (χ1) is 9.43. The minimum Gasteiger partial charge on any atom is -0.480 e. The van der Waals surface area contributed by atoms with Crippen molar-refractivity contribution in [3.8, 4) is 0 Å². The van der Waals surface area contributed by atoms with Crippen LogP contribution in [0, 0.1) is 0 Å². The third-order valence-corrected chi connectivity index (χ3v) is 2.42. The Morgan fingerprint density at radius 2 is 2.30 bits per heavy atom. The molecule has 0 aliphatic heterocycles. The lowest BCUT2D eigenvalue weighted by atomic mass is 10.2. The summed E-state index contributed by atoms with van der Waals surface area (Å²) in [6, 6.07) is -0.991. The molecule has 2 N–H and O–H groups in total. The molecule has 1 atom stereocenters. The molecule has 0 aliphatic carbocycles. The van der Waals surface area contributed by atoms with Crippen LogP contribution in [0.5, 0.6) is 0 Å². The molecule has 1 amide bonds. The number of rotatable bonds is 7. The highest BCUT2D eigenvalue weighted by Gasteiger charge is 2.22. The van der Waals surface area contributed by atoms with E-state index in [0.717, 1.165) is 0 Å². The Kier molecular flexibility index (Phi) is 5.70. The van der Waals surface area contributed by atoms with Gasteiger partial charge in [-0.15, -0.1) is 5.10 Å². The highest BCUT2D eigenvalue weighted by molar-refractivity contribution is 5.80. The molecule has 1 unspecified atom stereocenters. The van der Waals surface area contributed by atoms with Gasteiger partial charge in [0.05, 0.1) is 5.69 Å². The second-order valence-electron chi connectivity index (χ2n) is 4.41. The topological polar surface area (TPSA) is 106 Å². The summed E-state index contributed by atoms with van der Waals surface area (Å²) in [7, 11) is 0. The number of aromatic nitrogens is 3. The summed E-state index contributed by atoms with van der Waals surface area (Å²) in [5.74, 6) is -1.17. The number of amides is 1. The van der Waals surface area contributed by atoms with Gasteiger partial charge in [0.15, 0.2) is 0 Å². The van der Waals surface area contributed by atoms with Crippen LogP contribution in [0.4, 0.5) is 4.79 Å². The zero-order valence-corrected chi connectivity index (χ0v) is 11.4. The molecule has 8 nitrogen and oxygen atoms in total. The maximum atomic E-state index is 11.3. The van der Waals surface area contributed by atoms with Gasteiger partial charge in [0.2, 0.25) is 0 Å². The molecule has 0 spiro atoms. The van der Waals surface area contributed by atoms with E-state index in [4.69, 9.17) is 5.11 Å². The molecule has 0 radical (unpaired) electrons. The second kappa shape index (κ2) is 7.27. The van der Waals surface area contributed by atoms with Crippen molar-refractivity contribution in [2.75, 3.05) is 6.61 Å². The SMILES string of the molecule is C=CCOC(=O)NC(Cc1cn(C(C)C)nn1)C(=O)O. The molecule has 0 saturated heterocycles. The highest BCUT2D eigenvalue weighted by atomic mass is 16.5. The molecule has 1 rings (SSSR count). The van der Waals surface area contributed by atoms with Gasteiger partial charge >= 0.3 is 12.1 Å². The molecule has 0 saturated carbocycles. The van der Waals surface area contributed by atoms with Gasteiger partial charge in [-0.05, 0) is 13.8 Å². The van der Waals surface area contributed by atoms with E-state index >= 15 is 0 Å². The van der Waals surface area contributed by atoms with Crippen molar-refractivity contribution >= 4 is 12.1 Å². The fraction of sp³-hybridized carbons (Fsp3) is 0.500. The first-order valence-corrected chi connectivity index (χ1v) is 6.11.